The Hall–Kier alpha value is -1.88. The normalized spacial score (nSPS) is 11.2. The summed E-state index contributed by atoms with van der Waals surface area (Å²) in [6, 6.07) is 6.52. The monoisotopic (exact) mass is 292 g/mol. The Kier molecular flexibility index (Phi) is 5.90. The van der Waals surface area contributed by atoms with Crippen LogP contribution in [0.1, 0.15) is 43.5 Å². The molecule has 0 aromatic heterocycles. The molecule has 0 radical (unpaired) electrons. The summed E-state index contributed by atoms with van der Waals surface area (Å²) in [5.74, 6) is -1.12. The number of rotatable bonds is 7. The van der Waals surface area contributed by atoms with Gasteiger partial charge in [-0.25, -0.2) is 4.79 Å². The van der Waals surface area contributed by atoms with Crippen molar-refractivity contribution in [3.05, 3.63) is 29.8 Å². The molecule has 21 heavy (non-hydrogen) atoms. The maximum absolute atomic E-state index is 12.3. The van der Waals surface area contributed by atoms with Gasteiger partial charge >= 0.3 is 5.97 Å². The van der Waals surface area contributed by atoms with Crippen LogP contribution in [0, 0.1) is 5.41 Å². The Morgan fingerprint density at radius 3 is 2.43 bits per heavy atom. The number of carboxylic acid groups (broad SMARTS) is 1. The van der Waals surface area contributed by atoms with Gasteiger partial charge in [-0.15, -0.1) is 0 Å². The molecule has 116 valence electrons. The van der Waals surface area contributed by atoms with Crippen molar-refractivity contribution in [3.8, 4) is 0 Å². The fourth-order valence-electron chi connectivity index (χ4n) is 2.21. The highest BCUT2D eigenvalue weighted by Crippen LogP contribution is 2.27. The topological polar surface area (TPSA) is 83.6 Å². The molecule has 5 heteroatoms. The molecule has 0 fully saturated rings. The lowest BCUT2D eigenvalue weighted by Crippen LogP contribution is -2.29. The van der Waals surface area contributed by atoms with E-state index in [4.69, 9.17) is 5.73 Å². The summed E-state index contributed by atoms with van der Waals surface area (Å²) in [6.07, 6.45) is 1.95. The molecule has 3 N–H and O–H groups in total. The van der Waals surface area contributed by atoms with Gasteiger partial charge in [0.25, 0.3) is 0 Å². The van der Waals surface area contributed by atoms with Crippen LogP contribution in [0.5, 0.6) is 0 Å². The molecule has 0 aliphatic carbocycles. The highest BCUT2D eigenvalue weighted by atomic mass is 16.4. The number of hydrogen-bond donors (Lipinski definition) is 2. The summed E-state index contributed by atoms with van der Waals surface area (Å²) in [5.41, 5.74) is 6.13. The molecule has 1 aromatic carbocycles. The van der Waals surface area contributed by atoms with Crippen molar-refractivity contribution in [2.45, 2.75) is 33.1 Å². The summed E-state index contributed by atoms with van der Waals surface area (Å²) in [4.78, 5) is 24.9. The van der Waals surface area contributed by atoms with E-state index in [9.17, 15) is 14.7 Å². The summed E-state index contributed by atoms with van der Waals surface area (Å²) < 4.78 is 0. The number of anilines is 1. The van der Waals surface area contributed by atoms with E-state index in [0.717, 1.165) is 12.8 Å². The quantitative estimate of drug-likeness (QED) is 0.808. The van der Waals surface area contributed by atoms with Crippen molar-refractivity contribution >= 4 is 17.6 Å². The van der Waals surface area contributed by atoms with E-state index in [0.29, 0.717) is 18.7 Å². The van der Waals surface area contributed by atoms with E-state index in [-0.39, 0.29) is 16.9 Å². The number of para-hydroxylation sites is 1. The minimum atomic E-state index is -1.03. The molecule has 0 unspecified atom stereocenters. The largest absolute Gasteiger partial charge is 0.478 e. The van der Waals surface area contributed by atoms with E-state index in [1.165, 1.54) is 11.0 Å². The van der Waals surface area contributed by atoms with Gasteiger partial charge in [0.15, 0.2) is 0 Å². The molecule has 0 spiro atoms. The molecule has 1 amide bonds. The fourth-order valence-corrected chi connectivity index (χ4v) is 2.21. The van der Waals surface area contributed by atoms with E-state index in [1.54, 1.807) is 25.2 Å². The number of aromatic carboxylic acids is 1. The SMILES string of the molecule is CN(C(=O)CCC(C)(C)CCN)c1ccccc1C(=O)O. The van der Waals surface area contributed by atoms with Crippen LogP contribution in [-0.2, 0) is 4.79 Å². The molecule has 0 saturated carbocycles. The molecular weight excluding hydrogens is 268 g/mol. The Morgan fingerprint density at radius 1 is 1.24 bits per heavy atom. The van der Waals surface area contributed by atoms with Gasteiger partial charge in [0.2, 0.25) is 5.91 Å². The van der Waals surface area contributed by atoms with Gasteiger partial charge in [-0.2, -0.15) is 0 Å². The van der Waals surface area contributed by atoms with Crippen molar-refractivity contribution < 1.29 is 14.7 Å². The number of hydrogen-bond acceptors (Lipinski definition) is 3. The lowest BCUT2D eigenvalue weighted by Gasteiger charge is -2.25. The molecule has 0 bridgehead atoms. The van der Waals surface area contributed by atoms with Crippen LogP contribution in [0.2, 0.25) is 0 Å². The predicted molar refractivity (Wildman–Crippen MR) is 83.5 cm³/mol. The number of amides is 1. The summed E-state index contributed by atoms with van der Waals surface area (Å²) >= 11 is 0. The van der Waals surface area contributed by atoms with Gasteiger partial charge in [0.05, 0.1) is 11.3 Å². The van der Waals surface area contributed by atoms with E-state index in [1.807, 2.05) is 0 Å². The van der Waals surface area contributed by atoms with Gasteiger partial charge < -0.3 is 15.7 Å². The number of carboxylic acids is 1. The van der Waals surface area contributed by atoms with Crippen LogP contribution in [-0.4, -0.2) is 30.6 Å². The van der Waals surface area contributed by atoms with Crippen LogP contribution in [0.25, 0.3) is 0 Å². The van der Waals surface area contributed by atoms with Gasteiger partial charge in [-0.3, -0.25) is 4.79 Å². The van der Waals surface area contributed by atoms with Gasteiger partial charge in [0.1, 0.15) is 0 Å². The Morgan fingerprint density at radius 2 is 1.86 bits per heavy atom. The molecular formula is C16H24N2O3. The standard InChI is InChI=1S/C16H24N2O3/c1-16(2,10-11-17)9-8-14(19)18(3)13-7-5-4-6-12(13)15(20)21/h4-7H,8-11,17H2,1-3H3,(H,20,21). The van der Waals surface area contributed by atoms with Gasteiger partial charge in [0, 0.05) is 13.5 Å². The second-order valence-corrected chi connectivity index (χ2v) is 5.98. The lowest BCUT2D eigenvalue weighted by molar-refractivity contribution is -0.118. The zero-order valence-corrected chi connectivity index (χ0v) is 12.9. The van der Waals surface area contributed by atoms with E-state index < -0.39 is 5.97 Å². The fraction of sp³-hybridized carbons (Fsp3) is 0.500. The first-order chi connectivity index (χ1) is 9.78. The number of carbonyl (C=O) groups excluding carboxylic acids is 1. The zero-order valence-electron chi connectivity index (χ0n) is 12.9. The Bertz CT molecular complexity index is 512. The lowest BCUT2D eigenvalue weighted by atomic mass is 9.84. The first kappa shape index (κ1) is 17.2. The molecule has 0 saturated heterocycles. The van der Waals surface area contributed by atoms with Gasteiger partial charge in [-0.1, -0.05) is 26.0 Å². The maximum Gasteiger partial charge on any atom is 0.337 e. The number of carbonyl (C=O) groups is 2. The highest BCUT2D eigenvalue weighted by molar-refractivity contribution is 6.01. The second kappa shape index (κ2) is 7.22. The second-order valence-electron chi connectivity index (χ2n) is 5.98. The first-order valence-corrected chi connectivity index (χ1v) is 7.07. The Balaban J connectivity index is 2.78. The van der Waals surface area contributed by atoms with Crippen LogP contribution < -0.4 is 10.6 Å². The maximum atomic E-state index is 12.3. The molecule has 1 aromatic rings. The van der Waals surface area contributed by atoms with Crippen molar-refractivity contribution in [3.63, 3.8) is 0 Å². The van der Waals surface area contributed by atoms with E-state index >= 15 is 0 Å². The average Bonchev–Trinajstić information content (AvgIpc) is 2.44. The minimum absolute atomic E-state index is 0.0115. The third kappa shape index (κ3) is 4.86. The molecule has 5 nitrogen and oxygen atoms in total. The highest BCUT2D eigenvalue weighted by Gasteiger charge is 2.22. The van der Waals surface area contributed by atoms with Gasteiger partial charge in [-0.05, 0) is 36.9 Å². The van der Waals surface area contributed by atoms with Crippen LogP contribution in [0.4, 0.5) is 5.69 Å². The average molecular weight is 292 g/mol. The third-order valence-electron chi connectivity index (χ3n) is 3.71. The molecule has 0 aliphatic rings. The summed E-state index contributed by atoms with van der Waals surface area (Å²) in [5, 5.41) is 9.17. The zero-order chi connectivity index (χ0) is 16.0. The Labute approximate surface area is 125 Å². The minimum Gasteiger partial charge on any atom is -0.478 e. The summed E-state index contributed by atoms with van der Waals surface area (Å²) in [6.45, 7) is 4.76. The molecule has 0 heterocycles. The molecule has 0 aliphatic heterocycles. The van der Waals surface area contributed by atoms with E-state index in [2.05, 4.69) is 13.8 Å². The number of benzene rings is 1. The molecule has 1 rings (SSSR count). The predicted octanol–water partition coefficient (Wildman–Crippen LogP) is 2.50. The summed E-state index contributed by atoms with van der Waals surface area (Å²) in [7, 11) is 1.61. The van der Waals surface area contributed by atoms with Crippen molar-refractivity contribution in [1.29, 1.82) is 0 Å². The van der Waals surface area contributed by atoms with Crippen LogP contribution in [0.3, 0.4) is 0 Å². The van der Waals surface area contributed by atoms with Crippen molar-refractivity contribution in [2.24, 2.45) is 11.1 Å². The van der Waals surface area contributed by atoms with Crippen LogP contribution in [0.15, 0.2) is 24.3 Å². The number of nitrogens with two attached hydrogens (primary N) is 1. The molecule has 0 atom stereocenters. The van der Waals surface area contributed by atoms with Crippen molar-refractivity contribution in [2.75, 3.05) is 18.5 Å². The van der Waals surface area contributed by atoms with Crippen molar-refractivity contribution in [1.82, 2.24) is 0 Å². The number of nitrogens with zero attached hydrogens (tertiary/aromatic N) is 1. The first-order valence-electron chi connectivity index (χ1n) is 7.07. The van der Waals surface area contributed by atoms with Crippen LogP contribution >= 0.6 is 0 Å². The smallest absolute Gasteiger partial charge is 0.337 e. The third-order valence-corrected chi connectivity index (χ3v) is 3.71.